The lowest BCUT2D eigenvalue weighted by molar-refractivity contribution is 0.612. The first-order valence-electron chi connectivity index (χ1n) is 5.21. The molecule has 0 amide bonds. The molecule has 14 heavy (non-hydrogen) atoms. The fourth-order valence-corrected chi connectivity index (χ4v) is 1.81. The Balaban J connectivity index is 1.72. The number of rotatable bonds is 4. The molecule has 1 fully saturated rings. The zero-order chi connectivity index (χ0) is 9.97. The first-order chi connectivity index (χ1) is 6.75. The highest BCUT2D eigenvalue weighted by Gasteiger charge is 2.31. The standard InChI is InChI=1S/C12H16ClN/c1-9-6-11(9)8-14-7-10-2-4-12(13)5-3-10/h2-5,9,11,14H,6-8H2,1H3. The first-order valence-corrected chi connectivity index (χ1v) is 5.58. The highest BCUT2D eigenvalue weighted by molar-refractivity contribution is 6.30. The minimum Gasteiger partial charge on any atom is -0.312 e. The number of hydrogen-bond donors (Lipinski definition) is 1. The molecule has 0 spiro atoms. The van der Waals surface area contributed by atoms with E-state index in [9.17, 15) is 0 Å². The van der Waals surface area contributed by atoms with E-state index >= 15 is 0 Å². The minimum absolute atomic E-state index is 0.810. The van der Waals surface area contributed by atoms with Gasteiger partial charge in [-0.15, -0.1) is 0 Å². The molecule has 1 nitrogen and oxygen atoms in total. The van der Waals surface area contributed by atoms with Gasteiger partial charge in [0.1, 0.15) is 0 Å². The molecule has 0 aromatic heterocycles. The lowest BCUT2D eigenvalue weighted by Crippen LogP contribution is -2.16. The number of benzene rings is 1. The molecule has 0 radical (unpaired) electrons. The van der Waals surface area contributed by atoms with Gasteiger partial charge in [-0.25, -0.2) is 0 Å². The monoisotopic (exact) mass is 209 g/mol. The molecule has 2 atom stereocenters. The molecule has 1 aromatic carbocycles. The van der Waals surface area contributed by atoms with Gasteiger partial charge in [0.25, 0.3) is 0 Å². The maximum absolute atomic E-state index is 5.80. The van der Waals surface area contributed by atoms with Crippen molar-refractivity contribution in [2.24, 2.45) is 11.8 Å². The van der Waals surface area contributed by atoms with E-state index in [1.807, 2.05) is 12.1 Å². The summed E-state index contributed by atoms with van der Waals surface area (Å²) in [6.07, 6.45) is 1.40. The van der Waals surface area contributed by atoms with Crippen molar-refractivity contribution in [1.82, 2.24) is 5.32 Å². The van der Waals surface area contributed by atoms with Gasteiger partial charge in [-0.2, -0.15) is 0 Å². The van der Waals surface area contributed by atoms with Crippen molar-refractivity contribution < 1.29 is 0 Å². The summed E-state index contributed by atoms with van der Waals surface area (Å²) in [4.78, 5) is 0. The highest BCUT2D eigenvalue weighted by atomic mass is 35.5. The molecule has 1 N–H and O–H groups in total. The van der Waals surface area contributed by atoms with Crippen LogP contribution in [0.5, 0.6) is 0 Å². The SMILES string of the molecule is CC1CC1CNCc1ccc(Cl)cc1. The Morgan fingerprint density at radius 2 is 2.00 bits per heavy atom. The van der Waals surface area contributed by atoms with Crippen LogP contribution in [0.1, 0.15) is 18.9 Å². The summed E-state index contributed by atoms with van der Waals surface area (Å²) in [6.45, 7) is 4.43. The fourth-order valence-electron chi connectivity index (χ4n) is 1.69. The predicted molar refractivity (Wildman–Crippen MR) is 60.4 cm³/mol. The molecule has 0 aliphatic heterocycles. The lowest BCUT2D eigenvalue weighted by atomic mass is 10.2. The van der Waals surface area contributed by atoms with Crippen LogP contribution in [-0.4, -0.2) is 6.54 Å². The van der Waals surface area contributed by atoms with E-state index in [0.717, 1.165) is 29.9 Å². The van der Waals surface area contributed by atoms with Crippen molar-refractivity contribution in [3.63, 3.8) is 0 Å². The van der Waals surface area contributed by atoms with Gasteiger partial charge in [0, 0.05) is 11.6 Å². The van der Waals surface area contributed by atoms with Crippen molar-refractivity contribution in [1.29, 1.82) is 0 Å². The summed E-state index contributed by atoms with van der Waals surface area (Å²) in [5, 5.41) is 4.28. The molecule has 76 valence electrons. The number of nitrogens with one attached hydrogen (secondary N) is 1. The average molecular weight is 210 g/mol. The van der Waals surface area contributed by atoms with E-state index in [1.54, 1.807) is 0 Å². The van der Waals surface area contributed by atoms with Crippen LogP contribution in [0.4, 0.5) is 0 Å². The minimum atomic E-state index is 0.810. The topological polar surface area (TPSA) is 12.0 Å². The van der Waals surface area contributed by atoms with Gasteiger partial charge in [-0.3, -0.25) is 0 Å². The Morgan fingerprint density at radius 3 is 2.57 bits per heavy atom. The third kappa shape index (κ3) is 2.73. The van der Waals surface area contributed by atoms with E-state index in [2.05, 4.69) is 24.4 Å². The van der Waals surface area contributed by atoms with E-state index in [4.69, 9.17) is 11.6 Å². The second-order valence-electron chi connectivity index (χ2n) is 4.23. The smallest absolute Gasteiger partial charge is 0.0406 e. The van der Waals surface area contributed by atoms with Gasteiger partial charge in [0.15, 0.2) is 0 Å². The van der Waals surface area contributed by atoms with Gasteiger partial charge in [-0.05, 0) is 42.5 Å². The maximum atomic E-state index is 5.80. The normalized spacial score (nSPS) is 25.0. The third-order valence-electron chi connectivity index (χ3n) is 2.93. The Bertz CT molecular complexity index is 294. The van der Waals surface area contributed by atoms with E-state index in [1.165, 1.54) is 12.0 Å². The second kappa shape index (κ2) is 4.33. The lowest BCUT2D eigenvalue weighted by Gasteiger charge is -2.03. The number of hydrogen-bond acceptors (Lipinski definition) is 1. The molecule has 0 heterocycles. The van der Waals surface area contributed by atoms with Crippen molar-refractivity contribution in [2.45, 2.75) is 19.9 Å². The average Bonchev–Trinajstić information content (AvgIpc) is 2.86. The van der Waals surface area contributed by atoms with Gasteiger partial charge in [-0.1, -0.05) is 30.7 Å². The van der Waals surface area contributed by atoms with Gasteiger partial charge in [0.05, 0.1) is 0 Å². The molecular weight excluding hydrogens is 194 g/mol. The van der Waals surface area contributed by atoms with Crippen molar-refractivity contribution in [3.8, 4) is 0 Å². The molecule has 2 rings (SSSR count). The molecule has 1 saturated carbocycles. The largest absolute Gasteiger partial charge is 0.312 e. The van der Waals surface area contributed by atoms with Crippen LogP contribution in [0.3, 0.4) is 0 Å². The van der Waals surface area contributed by atoms with E-state index in [-0.39, 0.29) is 0 Å². The molecule has 0 saturated heterocycles. The fraction of sp³-hybridized carbons (Fsp3) is 0.500. The van der Waals surface area contributed by atoms with E-state index in [0.29, 0.717) is 0 Å². The molecule has 2 unspecified atom stereocenters. The van der Waals surface area contributed by atoms with Gasteiger partial charge < -0.3 is 5.32 Å². The van der Waals surface area contributed by atoms with Crippen LogP contribution in [-0.2, 0) is 6.54 Å². The summed E-state index contributed by atoms with van der Waals surface area (Å²) in [5.41, 5.74) is 1.31. The zero-order valence-corrected chi connectivity index (χ0v) is 9.22. The Morgan fingerprint density at radius 1 is 1.36 bits per heavy atom. The molecule has 2 heteroatoms. The molecular formula is C12H16ClN. The summed E-state index contributed by atoms with van der Waals surface area (Å²) >= 11 is 5.80. The summed E-state index contributed by atoms with van der Waals surface area (Å²) in [6, 6.07) is 8.04. The van der Waals surface area contributed by atoms with Gasteiger partial charge >= 0.3 is 0 Å². The van der Waals surface area contributed by atoms with Gasteiger partial charge in [0.2, 0.25) is 0 Å². The molecule has 1 aliphatic carbocycles. The van der Waals surface area contributed by atoms with Crippen molar-refractivity contribution in [2.75, 3.05) is 6.54 Å². The van der Waals surface area contributed by atoms with E-state index < -0.39 is 0 Å². The van der Waals surface area contributed by atoms with Crippen LogP contribution in [0.15, 0.2) is 24.3 Å². The van der Waals surface area contributed by atoms with Crippen LogP contribution in [0.2, 0.25) is 5.02 Å². The summed E-state index contributed by atoms with van der Waals surface area (Å²) < 4.78 is 0. The molecule has 1 aromatic rings. The van der Waals surface area contributed by atoms with Crippen LogP contribution >= 0.6 is 11.6 Å². The Labute approximate surface area is 90.5 Å². The van der Waals surface area contributed by atoms with Crippen LogP contribution in [0, 0.1) is 11.8 Å². The third-order valence-corrected chi connectivity index (χ3v) is 3.18. The second-order valence-corrected chi connectivity index (χ2v) is 4.67. The zero-order valence-electron chi connectivity index (χ0n) is 8.46. The predicted octanol–water partition coefficient (Wildman–Crippen LogP) is 3.09. The molecule has 1 aliphatic rings. The highest BCUT2D eigenvalue weighted by Crippen LogP contribution is 2.36. The molecule has 0 bridgehead atoms. The number of halogens is 1. The van der Waals surface area contributed by atoms with Crippen LogP contribution in [0.25, 0.3) is 0 Å². The maximum Gasteiger partial charge on any atom is 0.0406 e. The summed E-state index contributed by atoms with van der Waals surface area (Å²) in [5.74, 6) is 1.86. The van der Waals surface area contributed by atoms with Crippen molar-refractivity contribution in [3.05, 3.63) is 34.9 Å². The quantitative estimate of drug-likeness (QED) is 0.804. The Kier molecular flexibility index (Phi) is 3.09. The first kappa shape index (κ1) is 10.0. The van der Waals surface area contributed by atoms with Crippen LogP contribution < -0.4 is 5.32 Å². The Hall–Kier alpha value is -0.530. The van der Waals surface area contributed by atoms with Crippen molar-refractivity contribution >= 4 is 11.6 Å². The summed E-state index contributed by atoms with van der Waals surface area (Å²) in [7, 11) is 0.